The van der Waals surface area contributed by atoms with E-state index in [0.717, 1.165) is 24.1 Å². The summed E-state index contributed by atoms with van der Waals surface area (Å²) in [5, 5.41) is 7.01. The van der Waals surface area contributed by atoms with Crippen molar-refractivity contribution in [3.63, 3.8) is 0 Å². The molecule has 1 atom stereocenters. The van der Waals surface area contributed by atoms with Crippen molar-refractivity contribution in [2.75, 3.05) is 19.0 Å². The molecule has 0 aliphatic carbocycles. The Labute approximate surface area is 192 Å². The fourth-order valence-electron chi connectivity index (χ4n) is 3.35. The largest absolute Gasteiger partial charge is 0.380 e. The molecule has 0 aromatic heterocycles. The molecule has 0 saturated carbocycles. The Kier molecular flexibility index (Phi) is 11.2. The topological polar surface area (TPSA) is 71.7 Å². The minimum Gasteiger partial charge on any atom is -0.380 e. The number of nitrogens with two attached hydrogens (primary N) is 1. The van der Waals surface area contributed by atoms with E-state index in [1.807, 2.05) is 30.3 Å². The number of rotatable bonds is 10. The van der Waals surface area contributed by atoms with Gasteiger partial charge in [0.15, 0.2) is 5.96 Å². The molecule has 0 amide bonds. The van der Waals surface area contributed by atoms with Crippen molar-refractivity contribution in [3.05, 3.63) is 65.7 Å². The zero-order valence-electron chi connectivity index (χ0n) is 17.9. The molecule has 2 aromatic rings. The number of nitrogens with zero attached hydrogens (tertiary/aromatic N) is 1. The van der Waals surface area contributed by atoms with Gasteiger partial charge in [-0.05, 0) is 31.4 Å². The number of aliphatic imine (C=N–C) groups is 1. The van der Waals surface area contributed by atoms with Gasteiger partial charge in [0.1, 0.15) is 0 Å². The van der Waals surface area contributed by atoms with Gasteiger partial charge in [0.25, 0.3) is 0 Å². The standard InChI is InChI=1S/C23H34N4O.HI/c1-5-23(6-2,27-18(3)19-12-8-7-9-13-19)17-25-22(24)26-21-15-11-10-14-20(21)16-28-4;/h7-15,18,27H,5-6,16-17H2,1-4H3,(H3,24,25,26);1H. The summed E-state index contributed by atoms with van der Waals surface area (Å²) in [4.78, 5) is 4.66. The highest BCUT2D eigenvalue weighted by molar-refractivity contribution is 14.0. The summed E-state index contributed by atoms with van der Waals surface area (Å²) in [5.74, 6) is 0.420. The van der Waals surface area contributed by atoms with Crippen molar-refractivity contribution < 1.29 is 4.74 Å². The summed E-state index contributed by atoms with van der Waals surface area (Å²) in [6.07, 6.45) is 1.94. The number of ether oxygens (including phenoxy) is 1. The van der Waals surface area contributed by atoms with Crippen LogP contribution < -0.4 is 16.4 Å². The van der Waals surface area contributed by atoms with E-state index >= 15 is 0 Å². The van der Waals surface area contributed by atoms with Gasteiger partial charge in [-0.1, -0.05) is 62.4 Å². The van der Waals surface area contributed by atoms with Crippen LogP contribution in [0.4, 0.5) is 5.69 Å². The Balaban J connectivity index is 0.00000420. The maximum absolute atomic E-state index is 6.20. The minimum atomic E-state index is -0.104. The number of anilines is 1. The number of halogens is 1. The van der Waals surface area contributed by atoms with E-state index in [4.69, 9.17) is 10.5 Å². The van der Waals surface area contributed by atoms with Gasteiger partial charge < -0.3 is 21.1 Å². The molecule has 0 spiro atoms. The Morgan fingerprint density at radius 3 is 2.31 bits per heavy atom. The van der Waals surface area contributed by atoms with E-state index in [0.29, 0.717) is 19.1 Å². The zero-order chi connectivity index (χ0) is 20.4. The van der Waals surface area contributed by atoms with Crippen LogP contribution in [0.15, 0.2) is 59.6 Å². The third-order valence-corrected chi connectivity index (χ3v) is 5.31. The molecule has 5 nitrogen and oxygen atoms in total. The first kappa shape index (κ1) is 25.4. The molecule has 4 N–H and O–H groups in total. The quantitative estimate of drug-likeness (QED) is 0.237. The molecule has 2 rings (SSSR count). The third-order valence-electron chi connectivity index (χ3n) is 5.31. The Bertz CT molecular complexity index is 748. The van der Waals surface area contributed by atoms with Gasteiger partial charge >= 0.3 is 0 Å². The van der Waals surface area contributed by atoms with E-state index in [1.165, 1.54) is 5.56 Å². The first-order chi connectivity index (χ1) is 13.5. The first-order valence-electron chi connectivity index (χ1n) is 10.00. The van der Waals surface area contributed by atoms with Crippen LogP contribution in [0.3, 0.4) is 0 Å². The molecular weight excluding hydrogens is 475 g/mol. The van der Waals surface area contributed by atoms with Gasteiger partial charge in [0.2, 0.25) is 0 Å². The number of para-hydroxylation sites is 1. The molecule has 2 aromatic carbocycles. The monoisotopic (exact) mass is 510 g/mol. The van der Waals surface area contributed by atoms with Crippen LogP contribution in [0.25, 0.3) is 0 Å². The summed E-state index contributed by atoms with van der Waals surface area (Å²) in [7, 11) is 1.69. The second kappa shape index (κ2) is 12.8. The predicted octanol–water partition coefficient (Wildman–Crippen LogP) is 5.09. The molecule has 6 heteroatoms. The van der Waals surface area contributed by atoms with E-state index in [-0.39, 0.29) is 35.6 Å². The van der Waals surface area contributed by atoms with Crippen molar-refractivity contribution in [2.24, 2.45) is 10.7 Å². The molecular formula is C23H35IN4O. The zero-order valence-corrected chi connectivity index (χ0v) is 20.3. The third kappa shape index (κ3) is 7.60. The number of hydrogen-bond donors (Lipinski definition) is 3. The molecule has 160 valence electrons. The van der Waals surface area contributed by atoms with E-state index in [1.54, 1.807) is 7.11 Å². The molecule has 0 bridgehead atoms. The number of nitrogens with one attached hydrogen (secondary N) is 2. The summed E-state index contributed by atoms with van der Waals surface area (Å²) < 4.78 is 5.25. The lowest BCUT2D eigenvalue weighted by Crippen LogP contribution is -2.48. The van der Waals surface area contributed by atoms with Crippen LogP contribution in [-0.2, 0) is 11.3 Å². The summed E-state index contributed by atoms with van der Waals surface area (Å²) in [5.41, 5.74) is 9.35. The van der Waals surface area contributed by atoms with Gasteiger partial charge in [-0.25, -0.2) is 0 Å². The van der Waals surface area contributed by atoms with Crippen molar-refractivity contribution in [1.29, 1.82) is 0 Å². The molecule has 0 heterocycles. The van der Waals surface area contributed by atoms with Crippen LogP contribution in [-0.4, -0.2) is 25.2 Å². The molecule has 0 fully saturated rings. The van der Waals surface area contributed by atoms with Gasteiger partial charge in [0, 0.05) is 29.9 Å². The maximum Gasteiger partial charge on any atom is 0.193 e. The van der Waals surface area contributed by atoms with Crippen molar-refractivity contribution in [1.82, 2.24) is 5.32 Å². The average molecular weight is 510 g/mol. The minimum absolute atomic E-state index is 0. The fraction of sp³-hybridized carbons (Fsp3) is 0.435. The average Bonchev–Trinajstić information content (AvgIpc) is 2.73. The smallest absolute Gasteiger partial charge is 0.193 e. The fourth-order valence-corrected chi connectivity index (χ4v) is 3.35. The molecule has 1 unspecified atom stereocenters. The molecule has 0 aliphatic rings. The number of methoxy groups -OCH3 is 1. The lowest BCUT2D eigenvalue weighted by molar-refractivity contribution is 0.185. The second-order valence-corrected chi connectivity index (χ2v) is 7.18. The highest BCUT2D eigenvalue weighted by Gasteiger charge is 2.28. The highest BCUT2D eigenvalue weighted by Crippen LogP contribution is 2.23. The second-order valence-electron chi connectivity index (χ2n) is 7.18. The predicted molar refractivity (Wildman–Crippen MR) is 134 cm³/mol. The number of benzene rings is 2. The van der Waals surface area contributed by atoms with Crippen molar-refractivity contribution >= 4 is 35.6 Å². The Morgan fingerprint density at radius 1 is 1.07 bits per heavy atom. The van der Waals surface area contributed by atoms with Crippen LogP contribution >= 0.6 is 24.0 Å². The van der Waals surface area contributed by atoms with Gasteiger partial charge in [0.05, 0.1) is 13.2 Å². The van der Waals surface area contributed by atoms with Crippen LogP contribution in [0.5, 0.6) is 0 Å². The normalized spacial score (nSPS) is 12.9. The summed E-state index contributed by atoms with van der Waals surface area (Å²) >= 11 is 0. The summed E-state index contributed by atoms with van der Waals surface area (Å²) in [6, 6.07) is 18.7. The summed E-state index contributed by atoms with van der Waals surface area (Å²) in [6.45, 7) is 7.73. The SMILES string of the molecule is CCC(CC)(CN=C(N)Nc1ccccc1COC)NC(C)c1ccccc1.I. The number of guanidine groups is 1. The van der Waals surface area contributed by atoms with E-state index in [9.17, 15) is 0 Å². The molecule has 29 heavy (non-hydrogen) atoms. The van der Waals surface area contributed by atoms with E-state index < -0.39 is 0 Å². The van der Waals surface area contributed by atoms with Crippen LogP contribution in [0, 0.1) is 0 Å². The number of hydrogen-bond acceptors (Lipinski definition) is 3. The van der Waals surface area contributed by atoms with Crippen LogP contribution in [0.1, 0.15) is 50.8 Å². The van der Waals surface area contributed by atoms with E-state index in [2.05, 4.69) is 60.7 Å². The van der Waals surface area contributed by atoms with Crippen molar-refractivity contribution in [3.8, 4) is 0 Å². The van der Waals surface area contributed by atoms with Gasteiger partial charge in [-0.15, -0.1) is 24.0 Å². The van der Waals surface area contributed by atoms with Crippen molar-refractivity contribution in [2.45, 2.75) is 51.8 Å². The first-order valence-corrected chi connectivity index (χ1v) is 10.00. The lowest BCUT2D eigenvalue weighted by Gasteiger charge is -2.35. The Morgan fingerprint density at radius 2 is 1.69 bits per heavy atom. The van der Waals surface area contributed by atoms with Gasteiger partial charge in [-0.2, -0.15) is 0 Å². The maximum atomic E-state index is 6.20. The van der Waals surface area contributed by atoms with Gasteiger partial charge in [-0.3, -0.25) is 4.99 Å². The lowest BCUT2D eigenvalue weighted by atomic mass is 9.91. The Hall–Kier alpha value is -1.64. The molecule has 0 radical (unpaired) electrons. The highest BCUT2D eigenvalue weighted by atomic mass is 127. The molecule has 0 saturated heterocycles. The van der Waals surface area contributed by atoms with Crippen LogP contribution in [0.2, 0.25) is 0 Å². The molecule has 0 aliphatic heterocycles.